The summed E-state index contributed by atoms with van der Waals surface area (Å²) >= 11 is 0. The molecule has 0 spiro atoms. The number of nitriles is 1. The monoisotopic (exact) mass is 387 g/mol. The second-order valence-corrected chi connectivity index (χ2v) is 7.13. The molecular formula is C19H22FN5O3. The molecule has 0 radical (unpaired) electrons. The van der Waals surface area contributed by atoms with Gasteiger partial charge < -0.3 is 20.4 Å². The van der Waals surface area contributed by atoms with Crippen LogP contribution in [0, 0.1) is 22.6 Å². The normalized spacial score (nSPS) is 14.8. The highest BCUT2D eigenvalue weighted by Gasteiger charge is 2.31. The number of halogens is 1. The second kappa shape index (κ2) is 8.52. The predicted octanol–water partition coefficient (Wildman–Crippen LogP) is 2.70. The molecule has 1 aromatic rings. The van der Waals surface area contributed by atoms with Crippen LogP contribution in [0.3, 0.4) is 0 Å². The number of benzene rings is 1. The number of anilines is 1. The van der Waals surface area contributed by atoms with Crippen LogP contribution in [0.15, 0.2) is 35.5 Å². The summed E-state index contributed by atoms with van der Waals surface area (Å²) in [6, 6.07) is 6.91. The maximum atomic E-state index is 13.0. The Kier molecular flexibility index (Phi) is 6.36. The Morgan fingerprint density at radius 3 is 2.39 bits per heavy atom. The standard InChI is InChI=1S/C19H22FN5O3/c1-19(2,3)28-18(27)25-9-8-24(12-25)16(11-22)15(10-21)17(26)23-14-6-4-13(20)5-7-14/h4-7,11,22H,8-9,12H2,1-3H3,(H,23,26)/b16-15+,22-11?. The molecule has 1 saturated heterocycles. The predicted molar refractivity (Wildman–Crippen MR) is 101 cm³/mol. The van der Waals surface area contributed by atoms with Crippen LogP contribution >= 0.6 is 0 Å². The summed E-state index contributed by atoms with van der Waals surface area (Å²) < 4.78 is 18.3. The first-order valence-corrected chi connectivity index (χ1v) is 8.59. The summed E-state index contributed by atoms with van der Waals surface area (Å²) in [5.74, 6) is -1.17. The third kappa shape index (κ3) is 5.30. The van der Waals surface area contributed by atoms with Crippen molar-refractivity contribution in [2.75, 3.05) is 25.1 Å². The van der Waals surface area contributed by atoms with Crippen molar-refractivity contribution < 1.29 is 18.7 Å². The van der Waals surface area contributed by atoms with Gasteiger partial charge in [-0.2, -0.15) is 5.26 Å². The van der Waals surface area contributed by atoms with E-state index in [2.05, 4.69) is 5.32 Å². The van der Waals surface area contributed by atoms with Crippen molar-refractivity contribution in [3.05, 3.63) is 41.4 Å². The van der Waals surface area contributed by atoms with Gasteiger partial charge in [0.1, 0.15) is 23.1 Å². The van der Waals surface area contributed by atoms with Crippen LogP contribution in [0.4, 0.5) is 14.9 Å². The van der Waals surface area contributed by atoms with Crippen LogP contribution in [0.5, 0.6) is 0 Å². The van der Waals surface area contributed by atoms with E-state index in [-0.39, 0.29) is 17.9 Å². The third-order valence-electron chi connectivity index (χ3n) is 3.81. The van der Waals surface area contributed by atoms with Gasteiger partial charge in [-0.3, -0.25) is 9.69 Å². The third-order valence-corrected chi connectivity index (χ3v) is 3.81. The van der Waals surface area contributed by atoms with Gasteiger partial charge in [-0.15, -0.1) is 0 Å². The summed E-state index contributed by atoms with van der Waals surface area (Å²) in [7, 11) is 0. The molecule has 148 valence electrons. The number of hydrogen-bond donors (Lipinski definition) is 2. The minimum atomic E-state index is -0.719. The summed E-state index contributed by atoms with van der Waals surface area (Å²) in [4.78, 5) is 27.7. The molecule has 1 aromatic carbocycles. The van der Waals surface area contributed by atoms with Crippen molar-refractivity contribution in [2.45, 2.75) is 26.4 Å². The van der Waals surface area contributed by atoms with Crippen LogP contribution in [-0.4, -0.2) is 53.4 Å². The minimum absolute atomic E-state index is 0.0909. The Morgan fingerprint density at radius 1 is 1.25 bits per heavy atom. The Morgan fingerprint density at radius 2 is 1.86 bits per heavy atom. The molecular weight excluding hydrogens is 365 g/mol. The molecule has 2 N–H and O–H groups in total. The summed E-state index contributed by atoms with van der Waals surface area (Å²) in [6.07, 6.45) is 0.398. The van der Waals surface area contributed by atoms with Crippen molar-refractivity contribution >= 4 is 23.9 Å². The maximum absolute atomic E-state index is 13.0. The average Bonchev–Trinajstić information content (AvgIpc) is 3.09. The maximum Gasteiger partial charge on any atom is 0.411 e. The lowest BCUT2D eigenvalue weighted by molar-refractivity contribution is -0.112. The van der Waals surface area contributed by atoms with Crippen molar-refractivity contribution in [2.24, 2.45) is 0 Å². The summed E-state index contributed by atoms with van der Waals surface area (Å²) in [6.45, 7) is 6.05. The van der Waals surface area contributed by atoms with E-state index in [1.54, 1.807) is 25.7 Å². The number of amides is 2. The molecule has 8 nitrogen and oxygen atoms in total. The Balaban J connectivity index is 2.16. The SMILES string of the molecule is CC(C)(C)OC(=O)N1CCN(/C(C=N)=C(\C#N)C(=O)Nc2ccc(F)cc2)C1. The van der Waals surface area contributed by atoms with Crippen LogP contribution in [0.2, 0.25) is 0 Å². The molecule has 0 aliphatic carbocycles. The highest BCUT2D eigenvalue weighted by molar-refractivity contribution is 6.09. The first-order valence-electron chi connectivity index (χ1n) is 8.59. The van der Waals surface area contributed by atoms with Gasteiger partial charge in [0.25, 0.3) is 5.91 Å². The fourth-order valence-electron chi connectivity index (χ4n) is 2.53. The molecule has 0 bridgehead atoms. The number of rotatable bonds is 4. The fraction of sp³-hybridized carbons (Fsp3) is 0.368. The van der Waals surface area contributed by atoms with E-state index in [0.29, 0.717) is 18.8 Å². The van der Waals surface area contributed by atoms with Crippen LogP contribution < -0.4 is 5.32 Å². The van der Waals surface area contributed by atoms with Gasteiger partial charge >= 0.3 is 6.09 Å². The smallest absolute Gasteiger partial charge is 0.411 e. The van der Waals surface area contributed by atoms with Crippen molar-refractivity contribution in [3.8, 4) is 6.07 Å². The van der Waals surface area contributed by atoms with Gasteiger partial charge in [0.05, 0.1) is 12.4 Å². The van der Waals surface area contributed by atoms with Crippen molar-refractivity contribution in [1.82, 2.24) is 9.80 Å². The van der Waals surface area contributed by atoms with Gasteiger partial charge in [0.15, 0.2) is 0 Å². The van der Waals surface area contributed by atoms with E-state index < -0.39 is 23.4 Å². The molecule has 0 unspecified atom stereocenters. The van der Waals surface area contributed by atoms with E-state index in [9.17, 15) is 19.2 Å². The number of nitrogens with zero attached hydrogens (tertiary/aromatic N) is 3. The Hall–Kier alpha value is -3.41. The quantitative estimate of drug-likeness (QED) is 0.469. The lowest BCUT2D eigenvalue weighted by Crippen LogP contribution is -2.36. The van der Waals surface area contributed by atoms with E-state index in [0.717, 1.165) is 6.21 Å². The van der Waals surface area contributed by atoms with E-state index in [1.807, 2.05) is 6.07 Å². The molecule has 2 rings (SSSR count). The number of carbonyl (C=O) groups is 2. The fourth-order valence-corrected chi connectivity index (χ4v) is 2.53. The zero-order chi connectivity index (χ0) is 20.9. The molecule has 0 saturated carbocycles. The van der Waals surface area contributed by atoms with Crippen molar-refractivity contribution in [3.63, 3.8) is 0 Å². The highest BCUT2D eigenvalue weighted by Crippen LogP contribution is 2.19. The Labute approximate surface area is 162 Å². The van der Waals surface area contributed by atoms with Gasteiger partial charge in [-0.1, -0.05) is 0 Å². The lowest BCUT2D eigenvalue weighted by Gasteiger charge is -2.25. The molecule has 1 aliphatic heterocycles. The largest absolute Gasteiger partial charge is 0.444 e. The van der Waals surface area contributed by atoms with Crippen LogP contribution in [0.1, 0.15) is 20.8 Å². The van der Waals surface area contributed by atoms with Gasteiger partial charge in [-0.25, -0.2) is 9.18 Å². The first-order chi connectivity index (χ1) is 13.1. The molecule has 1 heterocycles. The van der Waals surface area contributed by atoms with Gasteiger partial charge in [-0.05, 0) is 45.0 Å². The molecule has 0 aromatic heterocycles. The van der Waals surface area contributed by atoms with Gasteiger partial charge in [0, 0.05) is 25.0 Å². The van der Waals surface area contributed by atoms with E-state index in [1.165, 1.54) is 29.2 Å². The van der Waals surface area contributed by atoms with Crippen LogP contribution in [0.25, 0.3) is 0 Å². The number of allylic oxidation sites excluding steroid dienone is 1. The lowest BCUT2D eigenvalue weighted by atomic mass is 10.2. The molecule has 2 amide bonds. The second-order valence-electron chi connectivity index (χ2n) is 7.13. The molecule has 1 fully saturated rings. The van der Waals surface area contributed by atoms with E-state index >= 15 is 0 Å². The van der Waals surface area contributed by atoms with Crippen LogP contribution in [-0.2, 0) is 9.53 Å². The summed E-state index contributed by atoms with van der Waals surface area (Å²) in [5.41, 5.74) is -0.503. The number of nitrogens with one attached hydrogen (secondary N) is 2. The number of carbonyl (C=O) groups excluding carboxylic acids is 2. The highest BCUT2D eigenvalue weighted by atomic mass is 19.1. The zero-order valence-corrected chi connectivity index (χ0v) is 16.0. The first kappa shape index (κ1) is 20.9. The number of ether oxygens (including phenoxy) is 1. The summed E-state index contributed by atoms with van der Waals surface area (Å²) in [5, 5.41) is 19.6. The average molecular weight is 387 g/mol. The topological polar surface area (TPSA) is 110 Å². The molecule has 0 atom stereocenters. The zero-order valence-electron chi connectivity index (χ0n) is 16.0. The molecule has 1 aliphatic rings. The van der Waals surface area contributed by atoms with Crippen molar-refractivity contribution in [1.29, 1.82) is 10.7 Å². The molecule has 9 heteroatoms. The Bertz CT molecular complexity index is 837. The minimum Gasteiger partial charge on any atom is -0.444 e. The molecule has 28 heavy (non-hydrogen) atoms. The number of hydrogen-bond acceptors (Lipinski definition) is 6. The van der Waals surface area contributed by atoms with Gasteiger partial charge in [0.2, 0.25) is 0 Å². The van der Waals surface area contributed by atoms with E-state index in [4.69, 9.17) is 10.1 Å².